The van der Waals surface area contributed by atoms with E-state index in [0.717, 1.165) is 49.0 Å². The van der Waals surface area contributed by atoms with Gasteiger partial charge in [-0.2, -0.15) is 0 Å². The maximum Gasteiger partial charge on any atom is 0.222 e. The van der Waals surface area contributed by atoms with Crippen molar-refractivity contribution in [2.24, 2.45) is 0 Å². The molecule has 0 unspecified atom stereocenters. The van der Waals surface area contributed by atoms with Gasteiger partial charge in [0.15, 0.2) is 5.13 Å². The molecule has 0 N–H and O–H groups in total. The van der Waals surface area contributed by atoms with Crippen LogP contribution >= 0.6 is 23.1 Å². The molecule has 0 atom stereocenters. The first kappa shape index (κ1) is 20.2. The molecule has 1 fully saturated rings. The third-order valence-electron chi connectivity index (χ3n) is 5.26. The molecule has 2 heterocycles. The Balaban J connectivity index is 1.22. The highest BCUT2D eigenvalue weighted by atomic mass is 32.2. The SMILES string of the molecule is Cc1ccc(SCCCC(=O)N2CCN(c3nc4ccc(C)cc4s3)CC2)cc1. The number of piperazine rings is 1. The maximum atomic E-state index is 12.6. The fourth-order valence-electron chi connectivity index (χ4n) is 3.51. The zero-order valence-electron chi connectivity index (χ0n) is 17.1. The lowest BCUT2D eigenvalue weighted by molar-refractivity contribution is -0.131. The van der Waals surface area contributed by atoms with Crippen molar-refractivity contribution in [1.82, 2.24) is 9.88 Å². The maximum absolute atomic E-state index is 12.6. The molecule has 0 aliphatic carbocycles. The molecule has 1 amide bonds. The van der Waals surface area contributed by atoms with Crippen molar-refractivity contribution in [2.75, 3.05) is 36.8 Å². The first-order chi connectivity index (χ1) is 14.1. The van der Waals surface area contributed by atoms with E-state index in [1.807, 2.05) is 16.7 Å². The van der Waals surface area contributed by atoms with Crippen molar-refractivity contribution in [1.29, 1.82) is 0 Å². The van der Waals surface area contributed by atoms with E-state index in [2.05, 4.69) is 61.2 Å². The molecule has 2 aromatic carbocycles. The Morgan fingerprint density at radius 2 is 1.76 bits per heavy atom. The van der Waals surface area contributed by atoms with Crippen molar-refractivity contribution >= 4 is 44.4 Å². The van der Waals surface area contributed by atoms with Gasteiger partial charge in [0, 0.05) is 37.5 Å². The van der Waals surface area contributed by atoms with Crippen LogP contribution in [0.1, 0.15) is 24.0 Å². The Bertz CT molecular complexity index is 975. The van der Waals surface area contributed by atoms with Crippen LogP contribution < -0.4 is 4.90 Å². The highest BCUT2D eigenvalue weighted by Gasteiger charge is 2.22. The van der Waals surface area contributed by atoms with E-state index in [1.54, 1.807) is 11.3 Å². The van der Waals surface area contributed by atoms with Crippen molar-refractivity contribution < 1.29 is 4.79 Å². The Kier molecular flexibility index (Phi) is 6.40. The lowest BCUT2D eigenvalue weighted by Crippen LogP contribution is -2.48. The van der Waals surface area contributed by atoms with Crippen LogP contribution in [0.5, 0.6) is 0 Å². The van der Waals surface area contributed by atoms with E-state index < -0.39 is 0 Å². The number of benzene rings is 2. The second-order valence-electron chi connectivity index (χ2n) is 7.60. The number of rotatable bonds is 6. The summed E-state index contributed by atoms with van der Waals surface area (Å²) in [5.41, 5.74) is 3.62. The van der Waals surface area contributed by atoms with Gasteiger partial charge in [-0.15, -0.1) is 11.8 Å². The summed E-state index contributed by atoms with van der Waals surface area (Å²) in [5, 5.41) is 1.08. The van der Waals surface area contributed by atoms with Crippen LogP contribution in [0.2, 0.25) is 0 Å². The molecule has 0 bridgehead atoms. The summed E-state index contributed by atoms with van der Waals surface area (Å²) in [6, 6.07) is 15.0. The molecular formula is C23H27N3OS2. The predicted molar refractivity (Wildman–Crippen MR) is 124 cm³/mol. The lowest BCUT2D eigenvalue weighted by Gasteiger charge is -2.34. The van der Waals surface area contributed by atoms with Gasteiger partial charge in [0.2, 0.25) is 5.91 Å². The number of carbonyl (C=O) groups excluding carboxylic acids is 1. The van der Waals surface area contributed by atoms with Gasteiger partial charge in [-0.1, -0.05) is 35.1 Å². The van der Waals surface area contributed by atoms with Crippen LogP contribution in [0.4, 0.5) is 5.13 Å². The van der Waals surface area contributed by atoms with E-state index >= 15 is 0 Å². The van der Waals surface area contributed by atoms with Gasteiger partial charge in [0.25, 0.3) is 0 Å². The van der Waals surface area contributed by atoms with Crippen LogP contribution in [0.3, 0.4) is 0 Å². The van der Waals surface area contributed by atoms with Crippen LogP contribution in [0.25, 0.3) is 10.2 Å². The summed E-state index contributed by atoms with van der Waals surface area (Å²) < 4.78 is 1.24. The smallest absolute Gasteiger partial charge is 0.222 e. The van der Waals surface area contributed by atoms with Gasteiger partial charge < -0.3 is 9.80 Å². The number of thioether (sulfide) groups is 1. The second kappa shape index (κ2) is 9.18. The van der Waals surface area contributed by atoms with Crippen molar-refractivity contribution in [3.63, 3.8) is 0 Å². The number of fused-ring (bicyclic) bond motifs is 1. The molecule has 3 aromatic rings. The van der Waals surface area contributed by atoms with E-state index in [9.17, 15) is 4.79 Å². The number of nitrogens with zero attached hydrogens (tertiary/aromatic N) is 3. The summed E-state index contributed by atoms with van der Waals surface area (Å²) in [6.45, 7) is 7.52. The third kappa shape index (κ3) is 5.11. The van der Waals surface area contributed by atoms with E-state index in [1.165, 1.54) is 20.7 Å². The topological polar surface area (TPSA) is 36.4 Å². The van der Waals surface area contributed by atoms with Gasteiger partial charge in [-0.3, -0.25) is 4.79 Å². The monoisotopic (exact) mass is 425 g/mol. The zero-order valence-corrected chi connectivity index (χ0v) is 18.7. The first-order valence-electron chi connectivity index (χ1n) is 10.2. The average Bonchev–Trinajstić information content (AvgIpc) is 3.15. The van der Waals surface area contributed by atoms with E-state index in [-0.39, 0.29) is 5.91 Å². The van der Waals surface area contributed by atoms with Gasteiger partial charge in [0.05, 0.1) is 10.2 Å². The number of aromatic nitrogens is 1. The average molecular weight is 426 g/mol. The van der Waals surface area contributed by atoms with Crippen LogP contribution in [-0.2, 0) is 4.79 Å². The molecular weight excluding hydrogens is 398 g/mol. The van der Waals surface area contributed by atoms with Crippen molar-refractivity contribution in [2.45, 2.75) is 31.6 Å². The Morgan fingerprint density at radius 3 is 2.52 bits per heavy atom. The second-order valence-corrected chi connectivity index (χ2v) is 9.78. The fraction of sp³-hybridized carbons (Fsp3) is 0.391. The molecule has 4 nitrogen and oxygen atoms in total. The molecule has 0 spiro atoms. The minimum atomic E-state index is 0.286. The number of hydrogen-bond donors (Lipinski definition) is 0. The molecule has 0 saturated carbocycles. The summed E-state index contributed by atoms with van der Waals surface area (Å²) in [5.74, 6) is 1.27. The predicted octanol–water partition coefficient (Wildman–Crippen LogP) is 5.13. The van der Waals surface area contributed by atoms with Crippen LogP contribution in [0.15, 0.2) is 47.4 Å². The molecule has 1 aliphatic heterocycles. The quantitative estimate of drug-likeness (QED) is 0.405. The van der Waals surface area contributed by atoms with Crippen molar-refractivity contribution in [3.05, 3.63) is 53.6 Å². The zero-order chi connectivity index (χ0) is 20.2. The standard InChI is InChI=1S/C23H27N3OS2/c1-17-5-8-19(9-6-17)28-15-3-4-22(27)25-11-13-26(14-12-25)23-24-20-10-7-18(2)16-21(20)29-23/h5-10,16H,3-4,11-15H2,1-2H3. The van der Waals surface area contributed by atoms with E-state index in [4.69, 9.17) is 4.98 Å². The van der Waals surface area contributed by atoms with E-state index in [0.29, 0.717) is 6.42 Å². The Hall–Kier alpha value is -2.05. The Morgan fingerprint density at radius 1 is 1.03 bits per heavy atom. The van der Waals surface area contributed by atoms with Gasteiger partial charge in [0.1, 0.15) is 0 Å². The first-order valence-corrected chi connectivity index (χ1v) is 12.0. The number of carbonyl (C=O) groups is 1. The van der Waals surface area contributed by atoms with Gasteiger partial charge in [-0.05, 0) is 55.9 Å². The minimum Gasteiger partial charge on any atom is -0.345 e. The largest absolute Gasteiger partial charge is 0.345 e. The van der Waals surface area contributed by atoms with Crippen molar-refractivity contribution in [3.8, 4) is 0 Å². The molecule has 6 heteroatoms. The number of thiazole rings is 1. The summed E-state index contributed by atoms with van der Waals surface area (Å²) in [7, 11) is 0. The molecule has 29 heavy (non-hydrogen) atoms. The molecule has 4 rings (SSSR count). The summed E-state index contributed by atoms with van der Waals surface area (Å²) in [4.78, 5) is 23.0. The van der Waals surface area contributed by atoms with Gasteiger partial charge >= 0.3 is 0 Å². The van der Waals surface area contributed by atoms with Crippen LogP contribution in [-0.4, -0.2) is 47.7 Å². The molecule has 1 aromatic heterocycles. The highest BCUT2D eigenvalue weighted by molar-refractivity contribution is 7.99. The molecule has 152 valence electrons. The lowest BCUT2D eigenvalue weighted by atomic mass is 10.2. The van der Waals surface area contributed by atoms with Gasteiger partial charge in [-0.25, -0.2) is 4.98 Å². The number of anilines is 1. The Labute approximate surface area is 180 Å². The number of amides is 1. The third-order valence-corrected chi connectivity index (χ3v) is 7.44. The molecule has 0 radical (unpaired) electrons. The van der Waals surface area contributed by atoms with Crippen LogP contribution in [0, 0.1) is 13.8 Å². The number of aryl methyl sites for hydroxylation is 2. The normalized spacial score (nSPS) is 14.6. The summed E-state index contributed by atoms with van der Waals surface area (Å²) >= 11 is 3.58. The number of hydrogen-bond acceptors (Lipinski definition) is 5. The highest BCUT2D eigenvalue weighted by Crippen LogP contribution is 2.30. The summed E-state index contributed by atoms with van der Waals surface area (Å²) in [6.07, 6.45) is 1.56. The molecule has 1 saturated heterocycles. The fourth-order valence-corrected chi connectivity index (χ4v) is 5.48. The minimum absolute atomic E-state index is 0.286. The molecule has 1 aliphatic rings.